The highest BCUT2D eigenvalue weighted by Crippen LogP contribution is 2.35. The lowest BCUT2D eigenvalue weighted by atomic mass is 9.73. The van der Waals surface area contributed by atoms with Crippen LogP contribution in [-0.2, 0) is 0 Å². The van der Waals surface area contributed by atoms with E-state index < -0.39 is 0 Å². The van der Waals surface area contributed by atoms with Crippen molar-refractivity contribution in [2.75, 3.05) is 26.2 Å². The fourth-order valence-corrected chi connectivity index (χ4v) is 3.55. The zero-order valence-corrected chi connectivity index (χ0v) is 12.7. The van der Waals surface area contributed by atoms with Crippen molar-refractivity contribution in [3.05, 3.63) is 0 Å². The summed E-state index contributed by atoms with van der Waals surface area (Å²) in [7, 11) is 0. The molecular weight excluding hydrogens is 220 g/mol. The van der Waals surface area contributed by atoms with Crippen molar-refractivity contribution in [3.63, 3.8) is 0 Å². The lowest BCUT2D eigenvalue weighted by Crippen LogP contribution is -2.47. The third-order valence-electron chi connectivity index (χ3n) is 5.20. The Bertz CT molecular complexity index is 241. The van der Waals surface area contributed by atoms with E-state index in [9.17, 15) is 0 Å². The van der Waals surface area contributed by atoms with Gasteiger partial charge in [-0.25, -0.2) is 0 Å². The number of nitrogens with zero attached hydrogens (tertiary/aromatic N) is 1. The molecule has 2 rings (SSSR count). The Balaban J connectivity index is 1.65. The third kappa shape index (κ3) is 3.96. The maximum absolute atomic E-state index is 3.83. The Morgan fingerprint density at radius 3 is 2.50 bits per heavy atom. The average Bonchev–Trinajstić information content (AvgIpc) is 2.33. The van der Waals surface area contributed by atoms with Gasteiger partial charge >= 0.3 is 0 Å². The molecule has 1 heterocycles. The molecule has 0 aromatic rings. The molecule has 2 nitrogen and oxygen atoms in total. The quantitative estimate of drug-likeness (QED) is 0.826. The summed E-state index contributed by atoms with van der Waals surface area (Å²) in [4.78, 5) is 2.64. The second-order valence-corrected chi connectivity index (χ2v) is 7.27. The fraction of sp³-hybridized carbons (Fsp3) is 1.00. The second kappa shape index (κ2) is 6.38. The molecule has 2 aliphatic rings. The highest BCUT2D eigenvalue weighted by Gasteiger charge is 2.31. The van der Waals surface area contributed by atoms with Crippen LogP contribution >= 0.6 is 0 Å². The highest BCUT2D eigenvalue weighted by molar-refractivity contribution is 4.88. The summed E-state index contributed by atoms with van der Waals surface area (Å²) < 4.78 is 0. The van der Waals surface area contributed by atoms with Gasteiger partial charge in [-0.15, -0.1) is 0 Å². The van der Waals surface area contributed by atoms with E-state index in [1.54, 1.807) is 0 Å². The van der Waals surface area contributed by atoms with Crippen LogP contribution in [-0.4, -0.2) is 37.1 Å². The summed E-state index contributed by atoms with van der Waals surface area (Å²) in [6.07, 6.45) is 8.41. The van der Waals surface area contributed by atoms with Gasteiger partial charge in [0.2, 0.25) is 0 Å². The average molecular weight is 252 g/mol. The van der Waals surface area contributed by atoms with Gasteiger partial charge in [0.15, 0.2) is 0 Å². The van der Waals surface area contributed by atoms with E-state index in [1.165, 1.54) is 64.7 Å². The van der Waals surface area contributed by atoms with Crippen LogP contribution in [0.15, 0.2) is 0 Å². The first-order valence-corrected chi connectivity index (χ1v) is 8.04. The number of nitrogens with one attached hydrogen (secondary N) is 1. The lowest BCUT2D eigenvalue weighted by Gasteiger charge is -2.40. The molecule has 0 aromatic carbocycles. The van der Waals surface area contributed by atoms with Gasteiger partial charge < -0.3 is 10.2 Å². The van der Waals surface area contributed by atoms with Crippen molar-refractivity contribution in [1.29, 1.82) is 0 Å². The molecule has 1 saturated heterocycles. The van der Waals surface area contributed by atoms with Crippen LogP contribution in [0.4, 0.5) is 0 Å². The predicted octanol–water partition coefficient (Wildman–Crippen LogP) is 3.28. The second-order valence-electron chi connectivity index (χ2n) is 7.27. The van der Waals surface area contributed by atoms with Gasteiger partial charge in [-0.05, 0) is 50.1 Å². The Morgan fingerprint density at radius 1 is 1.11 bits per heavy atom. The van der Waals surface area contributed by atoms with Gasteiger partial charge in [-0.2, -0.15) is 0 Å². The van der Waals surface area contributed by atoms with Gasteiger partial charge in [0.05, 0.1) is 0 Å². The largest absolute Gasteiger partial charge is 0.312 e. The van der Waals surface area contributed by atoms with Crippen LogP contribution in [0.3, 0.4) is 0 Å². The first-order valence-electron chi connectivity index (χ1n) is 8.04. The predicted molar refractivity (Wildman–Crippen MR) is 78.9 cm³/mol. The maximum Gasteiger partial charge on any atom is 0.0119 e. The number of hydrogen-bond donors (Lipinski definition) is 1. The van der Waals surface area contributed by atoms with Gasteiger partial charge in [-0.3, -0.25) is 0 Å². The van der Waals surface area contributed by atoms with Crippen molar-refractivity contribution in [2.24, 2.45) is 11.3 Å². The van der Waals surface area contributed by atoms with E-state index in [0.717, 1.165) is 12.0 Å². The van der Waals surface area contributed by atoms with E-state index in [2.05, 4.69) is 31.0 Å². The van der Waals surface area contributed by atoms with Crippen LogP contribution in [0.1, 0.15) is 59.3 Å². The van der Waals surface area contributed by atoms with Crippen LogP contribution in [0.5, 0.6) is 0 Å². The van der Waals surface area contributed by atoms with Crippen molar-refractivity contribution >= 4 is 0 Å². The number of hydrogen-bond acceptors (Lipinski definition) is 2. The molecule has 2 heteroatoms. The summed E-state index contributed by atoms with van der Waals surface area (Å²) in [5.74, 6) is 0.950. The molecule has 106 valence electrons. The molecule has 1 N–H and O–H groups in total. The first kappa shape index (κ1) is 14.3. The molecule has 0 aromatic heterocycles. The van der Waals surface area contributed by atoms with Gasteiger partial charge in [0, 0.05) is 19.1 Å². The van der Waals surface area contributed by atoms with Gasteiger partial charge in [0.1, 0.15) is 0 Å². The van der Waals surface area contributed by atoms with Crippen LogP contribution in [0, 0.1) is 11.3 Å². The molecule has 0 radical (unpaired) electrons. The minimum absolute atomic E-state index is 0.509. The van der Waals surface area contributed by atoms with Crippen molar-refractivity contribution < 1.29 is 0 Å². The Kier molecular flexibility index (Phi) is 5.08. The van der Waals surface area contributed by atoms with Gasteiger partial charge in [-0.1, -0.05) is 33.6 Å². The molecule has 1 unspecified atom stereocenters. The molecule has 1 atom stereocenters. The topological polar surface area (TPSA) is 15.3 Å². The number of piperidine rings is 1. The molecule has 18 heavy (non-hydrogen) atoms. The Labute approximate surface area is 114 Å². The van der Waals surface area contributed by atoms with E-state index in [0.29, 0.717) is 5.41 Å². The summed E-state index contributed by atoms with van der Waals surface area (Å²) >= 11 is 0. The van der Waals surface area contributed by atoms with Crippen molar-refractivity contribution in [1.82, 2.24) is 10.2 Å². The number of rotatable bonds is 4. The van der Waals surface area contributed by atoms with Crippen LogP contribution < -0.4 is 5.32 Å². The zero-order valence-electron chi connectivity index (χ0n) is 12.7. The molecule has 0 spiro atoms. The van der Waals surface area contributed by atoms with E-state index in [1.807, 2.05) is 0 Å². The van der Waals surface area contributed by atoms with E-state index in [-0.39, 0.29) is 0 Å². The maximum atomic E-state index is 3.83. The number of likely N-dealkylation sites (tertiary alicyclic amines) is 1. The van der Waals surface area contributed by atoms with E-state index in [4.69, 9.17) is 0 Å². The molecule has 0 bridgehead atoms. The molecule has 2 fully saturated rings. The Hall–Kier alpha value is -0.0800. The van der Waals surface area contributed by atoms with Gasteiger partial charge in [0.25, 0.3) is 0 Å². The SMILES string of the molecule is CC1CCN(CCNC2CCCCC2(C)C)CC1. The van der Waals surface area contributed by atoms with Crippen molar-refractivity contribution in [3.8, 4) is 0 Å². The minimum Gasteiger partial charge on any atom is -0.312 e. The Morgan fingerprint density at radius 2 is 1.83 bits per heavy atom. The standard InChI is InChI=1S/C16H32N2/c1-14-7-11-18(12-8-14)13-10-17-15-6-4-5-9-16(15,2)3/h14-15,17H,4-13H2,1-3H3. The third-order valence-corrected chi connectivity index (χ3v) is 5.20. The normalized spacial score (nSPS) is 30.5. The molecule has 1 saturated carbocycles. The monoisotopic (exact) mass is 252 g/mol. The molecule has 1 aliphatic heterocycles. The highest BCUT2D eigenvalue weighted by atomic mass is 15.1. The summed E-state index contributed by atoms with van der Waals surface area (Å²) in [6, 6.07) is 0.745. The molecular formula is C16H32N2. The minimum atomic E-state index is 0.509. The summed E-state index contributed by atoms with van der Waals surface area (Å²) in [5.41, 5.74) is 0.509. The molecule has 0 amide bonds. The smallest absolute Gasteiger partial charge is 0.0119 e. The van der Waals surface area contributed by atoms with Crippen LogP contribution in [0.25, 0.3) is 0 Å². The fourth-order valence-electron chi connectivity index (χ4n) is 3.55. The van der Waals surface area contributed by atoms with Crippen molar-refractivity contribution in [2.45, 2.75) is 65.3 Å². The zero-order chi connectivity index (χ0) is 13.0. The van der Waals surface area contributed by atoms with E-state index >= 15 is 0 Å². The summed E-state index contributed by atoms with van der Waals surface area (Å²) in [6.45, 7) is 12.3. The summed E-state index contributed by atoms with van der Waals surface area (Å²) in [5, 5.41) is 3.83. The lowest BCUT2D eigenvalue weighted by molar-refractivity contribution is 0.151. The molecule has 1 aliphatic carbocycles. The van der Waals surface area contributed by atoms with Crippen LogP contribution in [0.2, 0.25) is 0 Å². The first-order chi connectivity index (χ1) is 8.58.